The normalized spacial score (nSPS) is 20.8. The van der Waals surface area contributed by atoms with Crippen molar-refractivity contribution in [2.75, 3.05) is 7.11 Å². The molecule has 2 N–H and O–H groups in total. The molecule has 226 valence electrons. The van der Waals surface area contributed by atoms with Crippen LogP contribution in [0, 0.1) is 0 Å². The lowest BCUT2D eigenvalue weighted by molar-refractivity contribution is -0.185. The van der Waals surface area contributed by atoms with Gasteiger partial charge in [-0.2, -0.15) is 0 Å². The number of nitrogens with one attached hydrogen (secondary N) is 1. The molecule has 0 aromatic heterocycles. The van der Waals surface area contributed by atoms with Crippen molar-refractivity contribution in [3.8, 4) is 0 Å². The zero-order valence-corrected chi connectivity index (χ0v) is 23.0. The van der Waals surface area contributed by atoms with Crippen LogP contribution in [0.25, 0.3) is 0 Å². The third-order valence-corrected chi connectivity index (χ3v) is 5.88. The fourth-order valence-corrected chi connectivity index (χ4v) is 4.11. The highest BCUT2D eigenvalue weighted by atomic mass is 16.8. The Labute approximate surface area is 240 Å². The molecule has 2 aromatic carbocycles. The first kappa shape index (κ1) is 31.8. The summed E-state index contributed by atoms with van der Waals surface area (Å²) in [6.45, 7) is 1.72. The van der Waals surface area contributed by atoms with E-state index in [9.17, 15) is 29.1 Å². The Morgan fingerprint density at radius 2 is 1.36 bits per heavy atom. The molecule has 1 aliphatic heterocycles. The van der Waals surface area contributed by atoms with Gasteiger partial charge in [-0.05, 0) is 11.1 Å². The van der Waals surface area contributed by atoms with Crippen LogP contribution in [0.2, 0.25) is 0 Å². The smallest absolute Gasteiger partial charge is 0.480 e. The summed E-state index contributed by atoms with van der Waals surface area (Å²) >= 11 is 0. The average Bonchev–Trinajstić information content (AvgIpc) is 3.28. The molecule has 2 aromatic rings. The molecule has 42 heavy (non-hydrogen) atoms. The number of amides is 1. The van der Waals surface area contributed by atoms with Gasteiger partial charge in [-0.1, -0.05) is 60.7 Å². The lowest BCUT2D eigenvalue weighted by Crippen LogP contribution is -2.58. The summed E-state index contributed by atoms with van der Waals surface area (Å²) in [6, 6.07) is 15.1. The van der Waals surface area contributed by atoms with Crippen molar-refractivity contribution in [1.82, 2.24) is 5.32 Å². The standard InChI is InChI=1S/C28H31NO13/c1-16(30)39-23-22(41-26(36-3)24(23)40-17(2)31)21(42-28(35)38-15-19-12-8-5-9-13-19)20(25(32)33)29-27(34)37-14-18-10-6-4-7-11-18/h4-13,20-24,26H,14-15H2,1-3H3,(H,29,34)(H,32,33)/t20-,21-,22+,23-,24-,26-/m1/s1. The Morgan fingerprint density at radius 1 is 0.833 bits per heavy atom. The largest absolute Gasteiger partial charge is 0.509 e. The summed E-state index contributed by atoms with van der Waals surface area (Å²) in [6.07, 6.45) is -10.3. The summed E-state index contributed by atoms with van der Waals surface area (Å²) < 4.78 is 37.1. The van der Waals surface area contributed by atoms with Crippen LogP contribution in [0.5, 0.6) is 0 Å². The van der Waals surface area contributed by atoms with Gasteiger partial charge < -0.3 is 43.6 Å². The molecule has 0 unspecified atom stereocenters. The maximum absolute atomic E-state index is 12.8. The van der Waals surface area contributed by atoms with E-state index in [4.69, 9.17) is 33.2 Å². The van der Waals surface area contributed by atoms with E-state index in [1.54, 1.807) is 60.7 Å². The molecule has 0 saturated carbocycles. The maximum atomic E-state index is 12.8. The number of alkyl carbamates (subject to hydrolysis) is 1. The number of esters is 2. The first-order valence-electron chi connectivity index (χ1n) is 12.7. The molecule has 1 aliphatic rings. The number of benzene rings is 2. The number of aliphatic carboxylic acids is 1. The lowest BCUT2D eigenvalue weighted by atomic mass is 9.99. The Hall–Kier alpha value is -4.69. The van der Waals surface area contributed by atoms with Crippen molar-refractivity contribution >= 4 is 30.2 Å². The van der Waals surface area contributed by atoms with E-state index in [0.29, 0.717) is 11.1 Å². The van der Waals surface area contributed by atoms with Crippen LogP contribution in [0.3, 0.4) is 0 Å². The van der Waals surface area contributed by atoms with Crippen LogP contribution >= 0.6 is 0 Å². The SMILES string of the molecule is CO[C@@H]1O[C@@H]([C@H](OC(=O)OCc2ccccc2)[C@@H](NC(=O)OCc2ccccc2)C(=O)O)[C@@H](OC(C)=O)[C@H]1OC(C)=O. The van der Waals surface area contributed by atoms with Crippen LogP contribution in [0.15, 0.2) is 60.7 Å². The van der Waals surface area contributed by atoms with Crippen LogP contribution in [0.4, 0.5) is 9.59 Å². The quantitative estimate of drug-likeness (QED) is 0.272. The average molecular weight is 590 g/mol. The van der Waals surface area contributed by atoms with E-state index in [0.717, 1.165) is 13.8 Å². The fourth-order valence-electron chi connectivity index (χ4n) is 4.11. The van der Waals surface area contributed by atoms with E-state index >= 15 is 0 Å². The van der Waals surface area contributed by atoms with Crippen LogP contribution in [0.1, 0.15) is 25.0 Å². The third-order valence-electron chi connectivity index (χ3n) is 5.88. The van der Waals surface area contributed by atoms with Crippen LogP contribution in [-0.4, -0.2) is 79.1 Å². The van der Waals surface area contributed by atoms with Gasteiger partial charge >= 0.3 is 30.2 Å². The van der Waals surface area contributed by atoms with Gasteiger partial charge in [0.05, 0.1) is 0 Å². The zero-order valence-electron chi connectivity index (χ0n) is 23.0. The second-order valence-corrected chi connectivity index (χ2v) is 8.98. The number of rotatable bonds is 12. The number of carbonyl (C=O) groups is 5. The van der Waals surface area contributed by atoms with Crippen molar-refractivity contribution in [3.05, 3.63) is 71.8 Å². The monoisotopic (exact) mass is 589 g/mol. The van der Waals surface area contributed by atoms with E-state index < -0.39 is 66.9 Å². The third kappa shape index (κ3) is 9.17. The summed E-state index contributed by atoms with van der Waals surface area (Å²) in [5.41, 5.74) is 1.23. The van der Waals surface area contributed by atoms with E-state index in [1.165, 1.54) is 7.11 Å². The molecule has 0 bridgehead atoms. The van der Waals surface area contributed by atoms with Crippen molar-refractivity contribution < 1.29 is 62.2 Å². The minimum absolute atomic E-state index is 0.195. The van der Waals surface area contributed by atoms with Crippen LogP contribution < -0.4 is 5.32 Å². The summed E-state index contributed by atoms with van der Waals surface area (Å²) in [4.78, 5) is 61.6. The van der Waals surface area contributed by atoms with E-state index in [1.807, 2.05) is 0 Å². The molecule has 1 amide bonds. The second-order valence-electron chi connectivity index (χ2n) is 8.98. The van der Waals surface area contributed by atoms with Crippen molar-refractivity contribution in [1.29, 1.82) is 0 Å². The molecular formula is C28H31NO13. The zero-order chi connectivity index (χ0) is 30.6. The van der Waals surface area contributed by atoms with Gasteiger partial charge in [0, 0.05) is 21.0 Å². The molecule has 1 fully saturated rings. The topological polar surface area (TPSA) is 182 Å². The summed E-state index contributed by atoms with van der Waals surface area (Å²) in [5.74, 6) is -3.31. The minimum Gasteiger partial charge on any atom is -0.480 e. The number of carbonyl (C=O) groups excluding carboxylic acids is 4. The van der Waals surface area contributed by atoms with Crippen LogP contribution in [-0.2, 0) is 60.8 Å². The predicted molar refractivity (Wildman–Crippen MR) is 139 cm³/mol. The van der Waals surface area contributed by atoms with Gasteiger partial charge in [0.2, 0.25) is 0 Å². The first-order valence-corrected chi connectivity index (χ1v) is 12.7. The molecule has 1 heterocycles. The summed E-state index contributed by atoms with van der Waals surface area (Å²) in [5, 5.41) is 12.2. The van der Waals surface area contributed by atoms with Crippen molar-refractivity contribution in [2.24, 2.45) is 0 Å². The predicted octanol–water partition coefficient (Wildman–Crippen LogP) is 2.32. The van der Waals surface area contributed by atoms with Crippen molar-refractivity contribution in [3.63, 3.8) is 0 Å². The number of carboxylic acids is 1. The van der Waals surface area contributed by atoms with Gasteiger partial charge in [0.15, 0.2) is 30.6 Å². The van der Waals surface area contributed by atoms with Gasteiger partial charge in [0.1, 0.15) is 19.3 Å². The number of hydrogen-bond donors (Lipinski definition) is 2. The van der Waals surface area contributed by atoms with Gasteiger partial charge in [-0.3, -0.25) is 9.59 Å². The number of carboxylic acid groups (broad SMARTS) is 1. The fraction of sp³-hybridized carbons (Fsp3) is 0.393. The van der Waals surface area contributed by atoms with Crippen molar-refractivity contribution in [2.45, 2.75) is 63.8 Å². The highest BCUT2D eigenvalue weighted by Crippen LogP contribution is 2.32. The Balaban J connectivity index is 1.89. The maximum Gasteiger partial charge on any atom is 0.509 e. The highest BCUT2D eigenvalue weighted by molar-refractivity contribution is 5.81. The molecule has 14 heteroatoms. The molecule has 0 spiro atoms. The molecule has 0 aliphatic carbocycles. The lowest BCUT2D eigenvalue weighted by Gasteiger charge is -2.31. The Bertz CT molecular complexity index is 1220. The molecule has 0 radical (unpaired) electrons. The Kier molecular flexibility index (Phi) is 11.6. The van der Waals surface area contributed by atoms with E-state index in [2.05, 4.69) is 5.32 Å². The number of methoxy groups -OCH3 is 1. The molecular weight excluding hydrogens is 558 g/mol. The molecule has 6 atom stereocenters. The molecule has 1 saturated heterocycles. The minimum atomic E-state index is -2.02. The number of hydrogen-bond acceptors (Lipinski definition) is 12. The van der Waals surface area contributed by atoms with Gasteiger partial charge in [-0.15, -0.1) is 0 Å². The summed E-state index contributed by atoms with van der Waals surface area (Å²) in [7, 11) is 1.20. The molecule has 14 nitrogen and oxygen atoms in total. The molecule has 3 rings (SSSR count). The van der Waals surface area contributed by atoms with Gasteiger partial charge in [-0.25, -0.2) is 14.4 Å². The Morgan fingerprint density at radius 3 is 1.86 bits per heavy atom. The second kappa shape index (κ2) is 15.3. The highest BCUT2D eigenvalue weighted by Gasteiger charge is 2.56. The van der Waals surface area contributed by atoms with Gasteiger partial charge in [0.25, 0.3) is 0 Å². The number of ether oxygens (including phenoxy) is 7. The first-order chi connectivity index (χ1) is 20.1. The van der Waals surface area contributed by atoms with E-state index in [-0.39, 0.29) is 13.2 Å².